The molecule has 0 atom stereocenters. The zero-order chi connectivity index (χ0) is 24.1. The van der Waals surface area contributed by atoms with E-state index in [4.69, 9.17) is 9.47 Å². The number of carbonyl (C=O) groups excluding carboxylic acids is 2. The molecule has 0 aliphatic rings. The fraction of sp³-hybridized carbons (Fsp3) is 0.240. The highest BCUT2D eigenvalue weighted by Crippen LogP contribution is 2.28. The number of aromatic nitrogens is 1. The molecule has 0 aliphatic heterocycles. The van der Waals surface area contributed by atoms with E-state index in [2.05, 4.69) is 52.5 Å². The van der Waals surface area contributed by atoms with Gasteiger partial charge < -0.3 is 19.4 Å². The fourth-order valence-electron chi connectivity index (χ4n) is 3.55. The van der Waals surface area contributed by atoms with Crippen LogP contribution in [-0.4, -0.2) is 36.8 Å². The highest BCUT2D eigenvalue weighted by atomic mass is 16.5. The lowest BCUT2D eigenvalue weighted by Gasteiger charge is -2.13. The molecule has 3 rings (SSSR count). The molecule has 0 fully saturated rings. The predicted octanol–water partition coefficient (Wildman–Crippen LogP) is 3.82. The fourth-order valence-corrected chi connectivity index (χ4v) is 3.55. The summed E-state index contributed by atoms with van der Waals surface area (Å²) in [6.45, 7) is 8.12. The number of carbonyl (C=O) groups is 2. The van der Waals surface area contributed by atoms with Gasteiger partial charge in [0.25, 0.3) is 0 Å². The summed E-state index contributed by atoms with van der Waals surface area (Å²) in [4.78, 5) is 24.5. The van der Waals surface area contributed by atoms with E-state index in [-0.39, 0.29) is 0 Å². The first kappa shape index (κ1) is 23.6. The summed E-state index contributed by atoms with van der Waals surface area (Å²) in [5.41, 5.74) is 8.86. The molecule has 2 amide bonds. The Morgan fingerprint density at radius 2 is 1.70 bits per heavy atom. The van der Waals surface area contributed by atoms with E-state index in [1.807, 2.05) is 19.9 Å². The molecule has 1 heterocycles. The first-order valence-corrected chi connectivity index (χ1v) is 10.4. The summed E-state index contributed by atoms with van der Waals surface area (Å²) >= 11 is 0. The van der Waals surface area contributed by atoms with E-state index in [1.165, 1.54) is 26.0 Å². The number of anilines is 1. The largest absolute Gasteiger partial charge is 0.497 e. The number of benzene rings is 2. The number of aryl methyl sites for hydroxylation is 3. The molecular formula is C25H28N4O4. The Kier molecular flexibility index (Phi) is 7.17. The van der Waals surface area contributed by atoms with Crippen molar-refractivity contribution >= 4 is 23.7 Å². The van der Waals surface area contributed by atoms with Gasteiger partial charge in [0.15, 0.2) is 0 Å². The second-order valence-corrected chi connectivity index (χ2v) is 7.67. The molecule has 0 saturated heterocycles. The quantitative estimate of drug-likeness (QED) is 0.341. The van der Waals surface area contributed by atoms with Gasteiger partial charge in [-0.25, -0.2) is 5.43 Å². The Morgan fingerprint density at radius 3 is 2.39 bits per heavy atom. The summed E-state index contributed by atoms with van der Waals surface area (Å²) in [6.07, 6.45) is 1.53. The van der Waals surface area contributed by atoms with E-state index in [1.54, 1.807) is 18.2 Å². The van der Waals surface area contributed by atoms with Crippen LogP contribution in [0.1, 0.15) is 28.1 Å². The van der Waals surface area contributed by atoms with Crippen molar-refractivity contribution in [3.63, 3.8) is 0 Å². The summed E-state index contributed by atoms with van der Waals surface area (Å²) in [5, 5.41) is 6.48. The Hall–Kier alpha value is -4.07. The van der Waals surface area contributed by atoms with Crippen molar-refractivity contribution in [2.24, 2.45) is 5.10 Å². The van der Waals surface area contributed by atoms with Gasteiger partial charge in [-0.3, -0.25) is 9.59 Å². The molecule has 1 aromatic heterocycles. The van der Waals surface area contributed by atoms with Crippen LogP contribution in [0.2, 0.25) is 0 Å². The van der Waals surface area contributed by atoms with Crippen molar-refractivity contribution in [1.29, 1.82) is 0 Å². The molecule has 0 spiro atoms. The van der Waals surface area contributed by atoms with E-state index in [0.29, 0.717) is 17.2 Å². The van der Waals surface area contributed by atoms with Gasteiger partial charge in [0.05, 0.1) is 26.1 Å². The van der Waals surface area contributed by atoms with Crippen LogP contribution in [0.25, 0.3) is 5.69 Å². The number of ether oxygens (including phenoxy) is 2. The van der Waals surface area contributed by atoms with Crippen molar-refractivity contribution in [3.8, 4) is 17.2 Å². The number of rotatable bonds is 6. The third kappa shape index (κ3) is 5.23. The van der Waals surface area contributed by atoms with E-state index < -0.39 is 11.8 Å². The topological polar surface area (TPSA) is 93.9 Å². The van der Waals surface area contributed by atoms with Crippen LogP contribution in [0.5, 0.6) is 11.5 Å². The molecule has 0 radical (unpaired) electrons. The maximum absolute atomic E-state index is 12.3. The highest BCUT2D eigenvalue weighted by molar-refractivity contribution is 6.39. The summed E-state index contributed by atoms with van der Waals surface area (Å²) < 4.78 is 12.5. The van der Waals surface area contributed by atoms with Crippen molar-refractivity contribution in [1.82, 2.24) is 9.99 Å². The smallest absolute Gasteiger partial charge is 0.329 e. The number of hydrogen-bond acceptors (Lipinski definition) is 5. The molecule has 2 aromatic carbocycles. The maximum Gasteiger partial charge on any atom is 0.329 e. The molecule has 3 aromatic rings. The van der Waals surface area contributed by atoms with Crippen LogP contribution in [0, 0.1) is 27.7 Å². The first-order valence-electron chi connectivity index (χ1n) is 10.4. The second-order valence-electron chi connectivity index (χ2n) is 7.67. The van der Waals surface area contributed by atoms with E-state index in [9.17, 15) is 9.59 Å². The number of methoxy groups -OCH3 is 2. The summed E-state index contributed by atoms with van der Waals surface area (Å²) in [6, 6.07) is 13.2. The minimum absolute atomic E-state index is 0.318. The minimum Gasteiger partial charge on any atom is -0.497 e. The van der Waals surface area contributed by atoms with Crippen LogP contribution in [0.15, 0.2) is 47.6 Å². The summed E-state index contributed by atoms with van der Waals surface area (Å²) in [7, 11) is 2.97. The van der Waals surface area contributed by atoms with E-state index in [0.717, 1.165) is 28.2 Å². The molecule has 2 N–H and O–H groups in total. The Labute approximate surface area is 193 Å². The molecule has 0 aliphatic carbocycles. The van der Waals surface area contributed by atoms with Crippen molar-refractivity contribution in [2.45, 2.75) is 27.7 Å². The SMILES string of the molecule is COc1ccc(OC)c(NC(=O)C(=O)N/N=C\c2cc(C)n(-c3cc(C)ccc3C)c2C)c1. The predicted molar refractivity (Wildman–Crippen MR) is 129 cm³/mol. The van der Waals surface area contributed by atoms with Crippen LogP contribution in [-0.2, 0) is 9.59 Å². The van der Waals surface area contributed by atoms with Gasteiger partial charge in [-0.15, -0.1) is 0 Å². The lowest BCUT2D eigenvalue weighted by molar-refractivity contribution is -0.136. The van der Waals surface area contributed by atoms with E-state index >= 15 is 0 Å². The third-order valence-electron chi connectivity index (χ3n) is 5.31. The van der Waals surface area contributed by atoms with Gasteiger partial charge in [0.2, 0.25) is 0 Å². The Morgan fingerprint density at radius 1 is 0.939 bits per heavy atom. The number of hydrazone groups is 1. The van der Waals surface area contributed by atoms with Crippen LogP contribution < -0.4 is 20.2 Å². The minimum atomic E-state index is -0.903. The van der Waals surface area contributed by atoms with Crippen molar-refractivity contribution in [2.75, 3.05) is 19.5 Å². The number of nitrogens with zero attached hydrogens (tertiary/aromatic N) is 2. The molecular weight excluding hydrogens is 420 g/mol. The monoisotopic (exact) mass is 448 g/mol. The highest BCUT2D eigenvalue weighted by Gasteiger charge is 2.16. The number of nitrogens with one attached hydrogen (secondary N) is 2. The molecule has 0 bridgehead atoms. The van der Waals surface area contributed by atoms with Gasteiger partial charge in [-0.1, -0.05) is 12.1 Å². The van der Waals surface area contributed by atoms with Crippen LogP contribution in [0.3, 0.4) is 0 Å². The van der Waals surface area contributed by atoms with Gasteiger partial charge in [0.1, 0.15) is 11.5 Å². The van der Waals surface area contributed by atoms with Gasteiger partial charge in [0, 0.05) is 28.7 Å². The molecule has 8 heteroatoms. The molecule has 8 nitrogen and oxygen atoms in total. The van der Waals surface area contributed by atoms with Crippen molar-refractivity contribution in [3.05, 3.63) is 70.5 Å². The van der Waals surface area contributed by atoms with Crippen LogP contribution >= 0.6 is 0 Å². The number of amides is 2. The van der Waals surface area contributed by atoms with Crippen molar-refractivity contribution < 1.29 is 19.1 Å². The molecule has 33 heavy (non-hydrogen) atoms. The summed E-state index contributed by atoms with van der Waals surface area (Å²) in [5.74, 6) is -0.859. The van der Waals surface area contributed by atoms with Gasteiger partial charge in [-0.2, -0.15) is 5.10 Å². The average Bonchev–Trinajstić information content (AvgIpc) is 3.08. The van der Waals surface area contributed by atoms with Gasteiger partial charge in [-0.05, 0) is 63.1 Å². The maximum atomic E-state index is 12.3. The second kappa shape index (κ2) is 10.0. The molecule has 0 unspecified atom stereocenters. The third-order valence-corrected chi connectivity index (χ3v) is 5.31. The lowest BCUT2D eigenvalue weighted by atomic mass is 10.1. The van der Waals surface area contributed by atoms with Crippen LogP contribution in [0.4, 0.5) is 5.69 Å². The lowest BCUT2D eigenvalue weighted by Crippen LogP contribution is -2.32. The van der Waals surface area contributed by atoms with Gasteiger partial charge >= 0.3 is 11.8 Å². The first-order chi connectivity index (χ1) is 15.7. The Bertz CT molecular complexity index is 1230. The number of hydrogen-bond donors (Lipinski definition) is 2. The molecule has 0 saturated carbocycles. The molecule has 172 valence electrons. The Balaban J connectivity index is 1.72. The average molecular weight is 449 g/mol. The standard InChI is InChI=1S/C25H28N4O4/c1-15-7-8-16(2)22(11-15)29-17(3)12-19(18(29)4)14-26-28-25(31)24(30)27-21-13-20(32-5)9-10-23(21)33-6/h7-14H,1-6H3,(H,27,30)(H,28,31)/b26-14-. The zero-order valence-electron chi connectivity index (χ0n) is 19.6. The zero-order valence-corrected chi connectivity index (χ0v) is 19.6. The normalized spacial score (nSPS) is 10.8.